The molecule has 6 nitrogen and oxygen atoms in total. The van der Waals surface area contributed by atoms with E-state index in [-0.39, 0.29) is 22.7 Å². The van der Waals surface area contributed by atoms with E-state index in [0.717, 1.165) is 16.0 Å². The van der Waals surface area contributed by atoms with Gasteiger partial charge >= 0.3 is 0 Å². The third-order valence-electron chi connectivity index (χ3n) is 5.04. The number of ether oxygens (including phenoxy) is 1. The van der Waals surface area contributed by atoms with Crippen molar-refractivity contribution in [3.8, 4) is 16.2 Å². The fourth-order valence-electron chi connectivity index (χ4n) is 3.29. The van der Waals surface area contributed by atoms with Gasteiger partial charge in [-0.25, -0.2) is 13.1 Å². The standard InChI is InChI=1S/C25H33N2O4S2Si/c1-25(2,3)19-10-8-9-18(17-19)24(31-34(4)5)30-21-12-7-6-11-20(21)22-13-14-23(32-22)33(28,29)27-16-15-26/h6-14,17,24,27H,15-16,26H2,1-5H3. The zero-order valence-electron chi connectivity index (χ0n) is 20.3. The van der Waals surface area contributed by atoms with Gasteiger partial charge in [-0.2, -0.15) is 0 Å². The largest absolute Gasteiger partial charge is 0.461 e. The third kappa shape index (κ3) is 6.77. The molecule has 0 spiro atoms. The van der Waals surface area contributed by atoms with E-state index < -0.39 is 25.4 Å². The minimum absolute atomic E-state index is 0.00146. The molecule has 0 amide bonds. The number of hydrogen-bond donors (Lipinski definition) is 2. The van der Waals surface area contributed by atoms with Gasteiger partial charge < -0.3 is 14.9 Å². The number of hydrogen-bond acceptors (Lipinski definition) is 6. The van der Waals surface area contributed by atoms with E-state index in [0.29, 0.717) is 5.75 Å². The molecule has 0 aliphatic rings. The molecule has 0 aliphatic carbocycles. The minimum atomic E-state index is -3.60. The normalized spacial score (nSPS) is 13.3. The maximum absolute atomic E-state index is 12.5. The fraction of sp³-hybridized carbons (Fsp3) is 0.360. The number of benzene rings is 2. The molecule has 1 atom stereocenters. The Bertz CT molecular complexity index is 1200. The van der Waals surface area contributed by atoms with Crippen LogP contribution in [-0.4, -0.2) is 30.5 Å². The van der Waals surface area contributed by atoms with Gasteiger partial charge in [0.15, 0.2) is 0 Å². The Labute approximate surface area is 208 Å². The summed E-state index contributed by atoms with van der Waals surface area (Å²) in [6.45, 7) is 11.1. The molecule has 0 bridgehead atoms. The van der Waals surface area contributed by atoms with E-state index in [1.54, 1.807) is 12.1 Å². The van der Waals surface area contributed by atoms with Crippen molar-refractivity contribution < 1.29 is 17.6 Å². The predicted molar refractivity (Wildman–Crippen MR) is 141 cm³/mol. The lowest BCUT2D eigenvalue weighted by Gasteiger charge is -2.25. The van der Waals surface area contributed by atoms with Crippen molar-refractivity contribution >= 4 is 30.4 Å². The van der Waals surface area contributed by atoms with Crippen molar-refractivity contribution in [3.05, 3.63) is 71.8 Å². The van der Waals surface area contributed by atoms with Crippen LogP contribution in [0.1, 0.15) is 38.2 Å². The van der Waals surface area contributed by atoms with E-state index in [4.69, 9.17) is 14.9 Å². The summed E-state index contributed by atoms with van der Waals surface area (Å²) < 4.78 is 40.5. The summed E-state index contributed by atoms with van der Waals surface area (Å²) in [6.07, 6.45) is -0.568. The predicted octanol–water partition coefficient (Wildman–Crippen LogP) is 5.29. The first kappa shape index (κ1) is 26.6. The van der Waals surface area contributed by atoms with Gasteiger partial charge in [-0.05, 0) is 54.4 Å². The zero-order chi connectivity index (χ0) is 24.9. The van der Waals surface area contributed by atoms with E-state index in [9.17, 15) is 8.42 Å². The van der Waals surface area contributed by atoms with E-state index >= 15 is 0 Å². The molecule has 1 aromatic heterocycles. The van der Waals surface area contributed by atoms with Crippen molar-refractivity contribution in [3.63, 3.8) is 0 Å². The first-order valence-electron chi connectivity index (χ1n) is 11.1. The Hall–Kier alpha value is -2.01. The maximum Gasteiger partial charge on any atom is 0.250 e. The Kier molecular flexibility index (Phi) is 8.72. The van der Waals surface area contributed by atoms with Gasteiger partial charge in [-0.1, -0.05) is 51.1 Å². The molecule has 0 saturated carbocycles. The smallest absolute Gasteiger partial charge is 0.250 e. The number of rotatable bonds is 10. The van der Waals surface area contributed by atoms with E-state index in [1.807, 2.05) is 36.4 Å². The molecule has 2 aromatic carbocycles. The average molecular weight is 518 g/mol. The average Bonchev–Trinajstić information content (AvgIpc) is 3.28. The first-order chi connectivity index (χ1) is 16.0. The van der Waals surface area contributed by atoms with Crippen LogP contribution in [0.25, 0.3) is 10.4 Å². The Balaban J connectivity index is 1.95. The molecule has 0 aliphatic heterocycles. The van der Waals surface area contributed by atoms with Crippen molar-refractivity contribution in [2.45, 2.75) is 49.8 Å². The monoisotopic (exact) mass is 517 g/mol. The second-order valence-electron chi connectivity index (χ2n) is 9.15. The fourth-order valence-corrected chi connectivity index (χ4v) is 6.33. The summed E-state index contributed by atoms with van der Waals surface area (Å²) in [5, 5.41) is 0. The highest BCUT2D eigenvalue weighted by molar-refractivity contribution is 7.91. The van der Waals surface area contributed by atoms with Crippen molar-refractivity contribution in [1.29, 1.82) is 0 Å². The highest BCUT2D eigenvalue weighted by atomic mass is 32.2. The van der Waals surface area contributed by atoms with Crippen LogP contribution in [0.15, 0.2) is 64.9 Å². The number of sulfonamides is 1. The SMILES string of the molecule is C[Si](C)OC(Oc1ccccc1-c1ccc(S(=O)(=O)NCCN)s1)c1cccc(C(C)(C)C)c1. The third-order valence-corrected chi connectivity index (χ3v) is 8.79. The van der Waals surface area contributed by atoms with Gasteiger partial charge in [-0.15, -0.1) is 11.3 Å². The van der Waals surface area contributed by atoms with Gasteiger partial charge in [-0.3, -0.25) is 0 Å². The quantitative estimate of drug-likeness (QED) is 0.281. The topological polar surface area (TPSA) is 90.6 Å². The lowest BCUT2D eigenvalue weighted by atomic mass is 9.86. The van der Waals surface area contributed by atoms with Gasteiger partial charge in [0.25, 0.3) is 0 Å². The molecule has 0 fully saturated rings. The molecule has 1 radical (unpaired) electrons. The van der Waals surface area contributed by atoms with Crippen LogP contribution in [0.4, 0.5) is 0 Å². The summed E-state index contributed by atoms with van der Waals surface area (Å²) in [5.41, 5.74) is 8.41. The molecule has 1 heterocycles. The molecule has 9 heteroatoms. The highest BCUT2D eigenvalue weighted by Crippen LogP contribution is 2.38. The molecule has 3 aromatic rings. The van der Waals surface area contributed by atoms with Gasteiger partial charge in [0.05, 0.1) is 0 Å². The second kappa shape index (κ2) is 11.2. The van der Waals surface area contributed by atoms with Crippen LogP contribution in [-0.2, 0) is 19.9 Å². The van der Waals surface area contributed by atoms with Crippen LogP contribution in [0.3, 0.4) is 0 Å². The molecule has 3 N–H and O–H groups in total. The highest BCUT2D eigenvalue weighted by Gasteiger charge is 2.23. The minimum Gasteiger partial charge on any atom is -0.461 e. The van der Waals surface area contributed by atoms with Crippen LogP contribution < -0.4 is 15.2 Å². The maximum atomic E-state index is 12.5. The van der Waals surface area contributed by atoms with E-state index in [2.05, 4.69) is 50.7 Å². The number of nitrogens with one attached hydrogen (secondary N) is 1. The van der Waals surface area contributed by atoms with Gasteiger partial charge in [0.2, 0.25) is 25.4 Å². The Morgan fingerprint density at radius 1 is 1.06 bits per heavy atom. The molecule has 34 heavy (non-hydrogen) atoms. The van der Waals surface area contributed by atoms with Crippen LogP contribution >= 0.6 is 11.3 Å². The number of nitrogens with two attached hydrogens (primary N) is 1. The van der Waals surface area contributed by atoms with Crippen LogP contribution in [0, 0.1) is 0 Å². The lowest BCUT2D eigenvalue weighted by Crippen LogP contribution is -2.28. The summed E-state index contributed by atoms with van der Waals surface area (Å²) in [4.78, 5) is 0.796. The summed E-state index contributed by atoms with van der Waals surface area (Å²) >= 11 is 1.19. The molecular weight excluding hydrogens is 485 g/mol. The summed E-state index contributed by atoms with van der Waals surface area (Å²) in [6, 6.07) is 19.3. The molecular formula is C25H33N2O4S2Si. The summed E-state index contributed by atoms with van der Waals surface area (Å²) in [7, 11) is -4.66. The molecule has 3 rings (SSSR count). The van der Waals surface area contributed by atoms with Crippen molar-refractivity contribution in [2.24, 2.45) is 5.73 Å². The van der Waals surface area contributed by atoms with Crippen molar-refractivity contribution in [2.75, 3.05) is 13.1 Å². The Morgan fingerprint density at radius 3 is 2.47 bits per heavy atom. The van der Waals surface area contributed by atoms with Gasteiger partial charge in [0, 0.05) is 29.1 Å². The summed E-state index contributed by atoms with van der Waals surface area (Å²) in [5.74, 6) is 0.637. The molecule has 1 unspecified atom stereocenters. The van der Waals surface area contributed by atoms with E-state index in [1.165, 1.54) is 16.9 Å². The number of thiophene rings is 1. The second-order valence-corrected chi connectivity index (χ2v) is 14.3. The van der Waals surface area contributed by atoms with Crippen LogP contribution in [0.5, 0.6) is 5.75 Å². The molecule has 183 valence electrons. The van der Waals surface area contributed by atoms with Crippen LogP contribution in [0.2, 0.25) is 13.1 Å². The first-order valence-corrected chi connectivity index (χ1v) is 15.8. The van der Waals surface area contributed by atoms with Crippen molar-refractivity contribution in [1.82, 2.24) is 4.72 Å². The molecule has 0 saturated heterocycles. The Morgan fingerprint density at radius 2 is 1.79 bits per heavy atom. The zero-order valence-corrected chi connectivity index (χ0v) is 22.9. The van der Waals surface area contributed by atoms with Gasteiger partial charge in [0.1, 0.15) is 9.96 Å². The lowest BCUT2D eigenvalue weighted by molar-refractivity contribution is 0.00272. The number of para-hydroxylation sites is 1.